The average Bonchev–Trinajstić information content (AvgIpc) is 2.26. The molecule has 0 fully saturated rings. The second-order valence-electron chi connectivity index (χ2n) is 3.62. The molecule has 0 N–H and O–H groups in total. The molecule has 0 aromatic carbocycles. The Morgan fingerprint density at radius 3 is 2.81 bits per heavy atom. The third kappa shape index (κ3) is 3.93. The van der Waals surface area contributed by atoms with Crippen molar-refractivity contribution < 1.29 is 4.79 Å². The lowest BCUT2D eigenvalue weighted by molar-refractivity contribution is -0.131. The largest absolute Gasteiger partial charge is 0.337 e. The van der Waals surface area contributed by atoms with Gasteiger partial charge in [-0.15, -0.1) is 0 Å². The minimum Gasteiger partial charge on any atom is -0.337 e. The molecule has 88 valence electrons. The fourth-order valence-electron chi connectivity index (χ4n) is 1.50. The molecular formula is C12H17BrN2O. The van der Waals surface area contributed by atoms with Crippen molar-refractivity contribution >= 4 is 21.8 Å². The van der Waals surface area contributed by atoms with Gasteiger partial charge in [-0.25, -0.2) is 0 Å². The van der Waals surface area contributed by atoms with E-state index in [9.17, 15) is 4.79 Å². The number of alkyl halides is 1. The molecule has 0 saturated carbocycles. The molecule has 4 heteroatoms. The number of amides is 1. The van der Waals surface area contributed by atoms with Crippen molar-refractivity contribution in [1.29, 1.82) is 0 Å². The summed E-state index contributed by atoms with van der Waals surface area (Å²) in [6.07, 6.45) is 0.541. The molecule has 0 aliphatic rings. The highest BCUT2D eigenvalue weighted by molar-refractivity contribution is 9.09. The lowest BCUT2D eigenvalue weighted by atomic mass is 10.3. The van der Waals surface area contributed by atoms with Gasteiger partial charge in [0.15, 0.2) is 0 Å². The van der Waals surface area contributed by atoms with Crippen molar-refractivity contribution in [2.24, 2.45) is 0 Å². The summed E-state index contributed by atoms with van der Waals surface area (Å²) in [7, 11) is 0. The standard InChI is InChI=1S/C12H17BrN2O/c1-3-15(12(16)7-8-13)9-11-6-4-5-10(2)14-11/h4-6H,3,7-9H2,1-2H3. The summed E-state index contributed by atoms with van der Waals surface area (Å²) in [4.78, 5) is 18.0. The summed E-state index contributed by atoms with van der Waals surface area (Å²) < 4.78 is 0. The summed E-state index contributed by atoms with van der Waals surface area (Å²) in [5.74, 6) is 0.169. The Labute approximate surface area is 105 Å². The van der Waals surface area contributed by atoms with Gasteiger partial charge in [0.2, 0.25) is 5.91 Å². The van der Waals surface area contributed by atoms with E-state index in [0.29, 0.717) is 18.3 Å². The molecule has 3 nitrogen and oxygen atoms in total. The SMILES string of the molecule is CCN(Cc1cccc(C)n1)C(=O)CCBr. The molecular weight excluding hydrogens is 268 g/mol. The lowest BCUT2D eigenvalue weighted by Gasteiger charge is -2.20. The number of hydrogen-bond donors (Lipinski definition) is 0. The van der Waals surface area contributed by atoms with E-state index in [0.717, 1.165) is 17.9 Å². The first-order valence-corrected chi connectivity index (χ1v) is 6.55. The maximum atomic E-state index is 11.7. The van der Waals surface area contributed by atoms with Crippen LogP contribution in [0.15, 0.2) is 18.2 Å². The molecule has 1 aromatic heterocycles. The van der Waals surface area contributed by atoms with Gasteiger partial charge in [-0.1, -0.05) is 22.0 Å². The number of carbonyl (C=O) groups is 1. The van der Waals surface area contributed by atoms with E-state index < -0.39 is 0 Å². The molecule has 0 unspecified atom stereocenters. The van der Waals surface area contributed by atoms with E-state index in [-0.39, 0.29) is 5.91 Å². The maximum absolute atomic E-state index is 11.7. The van der Waals surface area contributed by atoms with Crippen LogP contribution >= 0.6 is 15.9 Å². The van der Waals surface area contributed by atoms with E-state index in [1.54, 1.807) is 0 Å². The number of carbonyl (C=O) groups excluding carboxylic acids is 1. The lowest BCUT2D eigenvalue weighted by Crippen LogP contribution is -2.30. The van der Waals surface area contributed by atoms with Crippen molar-refractivity contribution in [3.8, 4) is 0 Å². The van der Waals surface area contributed by atoms with Gasteiger partial charge in [-0.2, -0.15) is 0 Å². The normalized spacial score (nSPS) is 10.2. The van der Waals surface area contributed by atoms with Gasteiger partial charge in [-0.3, -0.25) is 9.78 Å². The molecule has 1 heterocycles. The van der Waals surface area contributed by atoms with Crippen LogP contribution in [0.3, 0.4) is 0 Å². The maximum Gasteiger partial charge on any atom is 0.223 e. The third-order valence-corrected chi connectivity index (χ3v) is 2.74. The predicted molar refractivity (Wildman–Crippen MR) is 68.5 cm³/mol. The molecule has 0 saturated heterocycles. The Hall–Kier alpha value is -0.900. The number of halogens is 1. The highest BCUT2D eigenvalue weighted by Crippen LogP contribution is 2.05. The zero-order chi connectivity index (χ0) is 12.0. The molecule has 0 spiro atoms. The first kappa shape index (κ1) is 13.2. The van der Waals surface area contributed by atoms with Crippen LogP contribution in [0, 0.1) is 6.92 Å². The second-order valence-corrected chi connectivity index (χ2v) is 4.41. The van der Waals surface area contributed by atoms with E-state index in [2.05, 4.69) is 20.9 Å². The van der Waals surface area contributed by atoms with Crippen LogP contribution in [0.25, 0.3) is 0 Å². The molecule has 0 atom stereocenters. The summed E-state index contributed by atoms with van der Waals surface area (Å²) in [6, 6.07) is 5.89. The van der Waals surface area contributed by atoms with Crippen LogP contribution in [-0.2, 0) is 11.3 Å². The zero-order valence-corrected chi connectivity index (χ0v) is 11.3. The number of aryl methyl sites for hydroxylation is 1. The summed E-state index contributed by atoms with van der Waals surface area (Å²) in [6.45, 7) is 5.27. The fourth-order valence-corrected chi connectivity index (χ4v) is 1.84. The first-order chi connectivity index (χ1) is 7.67. The second kappa shape index (κ2) is 6.63. The molecule has 0 aliphatic carbocycles. The Balaban J connectivity index is 2.66. The average molecular weight is 285 g/mol. The molecule has 1 amide bonds. The van der Waals surface area contributed by atoms with Crippen LogP contribution in [-0.4, -0.2) is 27.7 Å². The van der Waals surface area contributed by atoms with Gasteiger partial charge in [-0.05, 0) is 26.0 Å². The quantitative estimate of drug-likeness (QED) is 0.779. The minimum absolute atomic E-state index is 0.169. The van der Waals surface area contributed by atoms with Gasteiger partial charge in [0.05, 0.1) is 12.2 Å². The van der Waals surface area contributed by atoms with E-state index in [4.69, 9.17) is 0 Å². The predicted octanol–water partition coefficient (Wildman–Crippen LogP) is 2.52. The smallest absolute Gasteiger partial charge is 0.223 e. The molecule has 1 rings (SSSR count). The van der Waals surface area contributed by atoms with Gasteiger partial charge in [0.1, 0.15) is 0 Å². The van der Waals surface area contributed by atoms with E-state index in [1.165, 1.54) is 0 Å². The number of pyridine rings is 1. The van der Waals surface area contributed by atoms with Crippen molar-refractivity contribution in [3.05, 3.63) is 29.6 Å². The minimum atomic E-state index is 0.169. The topological polar surface area (TPSA) is 33.2 Å². The van der Waals surface area contributed by atoms with Gasteiger partial charge in [0, 0.05) is 24.0 Å². The van der Waals surface area contributed by atoms with Gasteiger partial charge >= 0.3 is 0 Å². The van der Waals surface area contributed by atoms with Crippen LogP contribution in [0.2, 0.25) is 0 Å². The van der Waals surface area contributed by atoms with E-state index >= 15 is 0 Å². The van der Waals surface area contributed by atoms with Crippen LogP contribution in [0.1, 0.15) is 24.7 Å². The number of nitrogens with zero attached hydrogens (tertiary/aromatic N) is 2. The number of aromatic nitrogens is 1. The van der Waals surface area contributed by atoms with Crippen molar-refractivity contribution in [2.45, 2.75) is 26.8 Å². The summed E-state index contributed by atoms with van der Waals surface area (Å²) >= 11 is 3.28. The fraction of sp³-hybridized carbons (Fsp3) is 0.500. The molecule has 16 heavy (non-hydrogen) atoms. The molecule has 0 radical (unpaired) electrons. The van der Waals surface area contributed by atoms with Crippen LogP contribution in [0.4, 0.5) is 0 Å². The van der Waals surface area contributed by atoms with Gasteiger partial charge in [0.25, 0.3) is 0 Å². The highest BCUT2D eigenvalue weighted by Gasteiger charge is 2.11. The number of rotatable bonds is 5. The molecule has 0 bridgehead atoms. The van der Waals surface area contributed by atoms with Crippen LogP contribution in [0.5, 0.6) is 0 Å². The third-order valence-electron chi connectivity index (χ3n) is 2.34. The monoisotopic (exact) mass is 284 g/mol. The summed E-state index contributed by atoms with van der Waals surface area (Å²) in [5.41, 5.74) is 1.94. The Morgan fingerprint density at radius 2 is 2.25 bits per heavy atom. The summed E-state index contributed by atoms with van der Waals surface area (Å²) in [5, 5.41) is 0.712. The van der Waals surface area contributed by atoms with Crippen LogP contribution < -0.4 is 0 Å². The number of hydrogen-bond acceptors (Lipinski definition) is 2. The Morgan fingerprint density at radius 1 is 1.50 bits per heavy atom. The zero-order valence-electron chi connectivity index (χ0n) is 9.74. The van der Waals surface area contributed by atoms with Gasteiger partial charge < -0.3 is 4.90 Å². The highest BCUT2D eigenvalue weighted by atomic mass is 79.9. The first-order valence-electron chi connectivity index (χ1n) is 5.43. The molecule has 1 aromatic rings. The van der Waals surface area contributed by atoms with Crippen molar-refractivity contribution in [1.82, 2.24) is 9.88 Å². The Kier molecular flexibility index (Phi) is 5.46. The van der Waals surface area contributed by atoms with Crippen molar-refractivity contribution in [3.63, 3.8) is 0 Å². The molecule has 0 aliphatic heterocycles. The Bertz CT molecular complexity index is 355. The van der Waals surface area contributed by atoms with E-state index in [1.807, 2.05) is 36.9 Å². The van der Waals surface area contributed by atoms with Crippen molar-refractivity contribution in [2.75, 3.05) is 11.9 Å².